The summed E-state index contributed by atoms with van der Waals surface area (Å²) >= 11 is 0. The molecule has 0 bridgehead atoms. The molecule has 22 nitrogen and oxygen atoms in total. The number of hydrogen-bond donors (Lipinski definition) is 0. The number of fused-ring (bicyclic) bond motifs is 20. The number of carbonyl (C=O) groups excluding carboxylic acids is 10. The van der Waals surface area contributed by atoms with Crippen LogP contribution in [0.2, 0.25) is 0 Å². The van der Waals surface area contributed by atoms with Crippen LogP contribution >= 0.6 is 0 Å². The second-order valence-corrected chi connectivity index (χ2v) is 55.1. The molecule has 146 heavy (non-hydrogen) atoms. The van der Waals surface area contributed by atoms with Crippen LogP contribution in [0.3, 0.4) is 0 Å². The third-order valence-electron chi connectivity index (χ3n) is 45.1. The topological polar surface area (TPSA) is 281 Å². The van der Waals surface area contributed by atoms with Crippen molar-refractivity contribution < 1.29 is 105 Å². The molecule has 0 heterocycles. The first kappa shape index (κ1) is 118. The monoisotopic (exact) mass is 2050 g/mol. The summed E-state index contributed by atoms with van der Waals surface area (Å²) in [6.07, 6.45) is 44.3. The van der Waals surface area contributed by atoms with Crippen molar-refractivity contribution in [2.45, 2.75) is 524 Å². The van der Waals surface area contributed by atoms with Gasteiger partial charge in [0.25, 0.3) is 0 Å². The molecule has 40 atom stereocenters. The molecule has 16 fully saturated rings. The lowest BCUT2D eigenvalue weighted by Gasteiger charge is -2.62. The minimum Gasteiger partial charge on any atom is -0.463 e. The van der Waals surface area contributed by atoms with Crippen LogP contribution in [0, 0.1) is 185 Å². The fraction of sp³-hybridized carbons (Fsp3) is 0.919. The Morgan fingerprint density at radius 1 is 0.267 bits per heavy atom. The Hall–Kier alpha value is -5.38. The lowest BCUT2D eigenvalue weighted by atomic mass is 9.43. The number of ether oxygens (including phenoxy) is 12. The van der Waals surface area contributed by atoms with Crippen LogP contribution in [-0.4, -0.2) is 133 Å². The average molecular weight is 2050 g/mol. The summed E-state index contributed by atoms with van der Waals surface area (Å²) in [4.78, 5) is 121. The first-order chi connectivity index (χ1) is 68.5. The van der Waals surface area contributed by atoms with Gasteiger partial charge in [0.05, 0.1) is 0 Å². The van der Waals surface area contributed by atoms with Gasteiger partial charge in [0, 0.05) is 91.3 Å². The molecule has 40 unspecified atom stereocenters. The van der Waals surface area contributed by atoms with E-state index in [1.54, 1.807) is 41.5 Å². The molecule has 0 radical (unpaired) electrons. The first-order valence-corrected chi connectivity index (χ1v) is 59.5. The zero-order valence-electron chi connectivity index (χ0n) is 96.6. The highest BCUT2D eigenvalue weighted by Gasteiger charge is 2.70. The van der Waals surface area contributed by atoms with Crippen LogP contribution < -0.4 is 0 Å². The zero-order valence-corrected chi connectivity index (χ0v) is 96.6. The Labute approximate surface area is 882 Å². The lowest BCUT2D eigenvalue weighted by molar-refractivity contribution is -0.198. The Kier molecular flexibility index (Phi) is 38.6. The van der Waals surface area contributed by atoms with Gasteiger partial charge in [-0.1, -0.05) is 83.1 Å². The summed E-state index contributed by atoms with van der Waals surface area (Å²) in [6.45, 7) is 58.6. The molecule has 16 saturated carbocycles. The van der Waals surface area contributed by atoms with Crippen molar-refractivity contribution in [2.75, 3.05) is 13.2 Å². The van der Waals surface area contributed by atoms with E-state index < -0.39 is 23.8 Å². The molecule has 22 heteroatoms. The largest absolute Gasteiger partial charge is 0.463 e. The van der Waals surface area contributed by atoms with Crippen molar-refractivity contribution in [1.82, 2.24) is 0 Å². The summed E-state index contributed by atoms with van der Waals surface area (Å²) in [5.74, 6) is 13.5. The lowest BCUT2D eigenvalue weighted by Crippen LogP contribution is -2.59. The highest BCUT2D eigenvalue weighted by Crippen LogP contribution is 2.75. The Balaban J connectivity index is 0.000000163. The summed E-state index contributed by atoms with van der Waals surface area (Å²) in [5.41, 5.74) is 1.01. The van der Waals surface area contributed by atoms with E-state index in [4.69, 9.17) is 56.8 Å². The molecule has 0 aromatic heterocycles. The van der Waals surface area contributed by atoms with Crippen LogP contribution in [0.25, 0.3) is 0 Å². The van der Waals surface area contributed by atoms with Crippen molar-refractivity contribution >= 4 is 59.7 Å². The van der Waals surface area contributed by atoms with Gasteiger partial charge in [-0.3, -0.25) is 47.9 Å². The highest BCUT2D eigenvalue weighted by molar-refractivity contribution is 5.72. The van der Waals surface area contributed by atoms with E-state index in [0.29, 0.717) is 161 Å². The zero-order chi connectivity index (χ0) is 107. The van der Waals surface area contributed by atoms with Gasteiger partial charge in [0.2, 0.25) is 0 Å². The molecule has 0 amide bonds. The fourth-order valence-corrected chi connectivity index (χ4v) is 38.7. The molecular weight excluding hydrogens is 1840 g/mol. The maximum atomic E-state index is 12.5. The van der Waals surface area contributed by atoms with Crippen LogP contribution in [0.5, 0.6) is 0 Å². The van der Waals surface area contributed by atoms with Gasteiger partial charge in [-0.05, 0) is 488 Å². The summed E-state index contributed by atoms with van der Waals surface area (Å²) in [5, 5.41) is 0. The molecule has 16 rings (SSSR count). The SMILES string of the molecule is CC(=O)OC1CCC2(C)C(CCC3C2CC(OC(C)=O)C2(C)C(C(C)CCC(=O)OC(C)(C)C)CCC32)C1.CC(=O)OC1CCC2(C)C(CCC3C2CCC2(C)C(C(C)CCC(=O)OC(C)(C)C)CCC32)C1.CCOC(C)OC(=O)CCC(C)C1CCC2C3CCC4CC(OC(C)=O)CCC4(C)C3CC(OC(C)=O)C12C.CCOC(C)OC(=O)CCC(C)C1CCC2C3CCC4CC(OC(C)=O)CCC4(C)C3CCC12C. The van der Waals surface area contributed by atoms with Crippen LogP contribution in [-0.2, 0) is 105 Å². The molecule has 0 aromatic carbocycles. The van der Waals surface area contributed by atoms with Gasteiger partial charge < -0.3 is 56.8 Å². The highest BCUT2D eigenvalue weighted by atomic mass is 16.7. The van der Waals surface area contributed by atoms with Gasteiger partial charge in [-0.15, -0.1) is 0 Å². The van der Waals surface area contributed by atoms with E-state index in [2.05, 4.69) is 83.1 Å². The summed E-state index contributed by atoms with van der Waals surface area (Å²) in [7, 11) is 0. The van der Waals surface area contributed by atoms with Gasteiger partial charge in [0.15, 0.2) is 12.6 Å². The molecule has 0 saturated heterocycles. The summed E-state index contributed by atoms with van der Waals surface area (Å²) in [6, 6.07) is 0. The Morgan fingerprint density at radius 3 is 0.781 bits per heavy atom. The molecule has 832 valence electrons. The third-order valence-corrected chi connectivity index (χ3v) is 45.1. The number of carbonyl (C=O) groups is 10. The fourth-order valence-electron chi connectivity index (χ4n) is 38.7. The van der Waals surface area contributed by atoms with Gasteiger partial charge in [-0.2, -0.15) is 0 Å². The van der Waals surface area contributed by atoms with Crippen molar-refractivity contribution in [3.63, 3.8) is 0 Å². The predicted octanol–water partition coefficient (Wildman–Crippen LogP) is 27.6. The smallest absolute Gasteiger partial charge is 0.308 e. The Bertz CT molecular complexity index is 4430. The van der Waals surface area contributed by atoms with Crippen molar-refractivity contribution in [3.05, 3.63) is 0 Å². The van der Waals surface area contributed by atoms with Gasteiger partial charge in [-0.25, -0.2) is 0 Å². The maximum absolute atomic E-state index is 12.5. The molecule has 16 aliphatic carbocycles. The second kappa shape index (κ2) is 47.9. The van der Waals surface area contributed by atoms with Crippen molar-refractivity contribution in [2.24, 2.45) is 185 Å². The number of hydrogen-bond acceptors (Lipinski definition) is 22. The van der Waals surface area contributed by atoms with Crippen LogP contribution in [0.1, 0.15) is 464 Å². The van der Waals surface area contributed by atoms with Gasteiger partial charge >= 0.3 is 59.7 Å². The quantitative estimate of drug-likeness (QED) is 0.0399. The second-order valence-electron chi connectivity index (χ2n) is 55.1. The standard InChI is InChI=1S/C32H52O7.C32H52O6.C30H50O5.C30H50O4/c1-8-36-22(5)39-30(35)14-9-19(2)26-12-13-27-25-11-10-23-17-24(37-20(3)33)15-16-31(23,6)28(25)18-29(32(26,27)7)38-21(4)34;1-19(9-14-29(35)38-30(4,5)6)25-12-13-26-24-11-10-22-17-23(36-20(2)33)15-16-31(22,7)27(24)18-28(32(25,26)8)37-21(3)34;1-7-33-21(4)35-28(32)13-8-19(2)25-11-12-26-24-10-9-22-18-23(34-20(3)31)14-16-29(22,5)27(24)15-17-30(25,26)6;1-19(8-13-27(32)34-28(3,4)5)24-11-12-25-23-10-9-21-18-22(33-20(2)31)14-16-29(21,6)26(23)15-17-30(24,25)7/h19,22-29H,8-18H2,1-7H3;19,22-28H,9-18H2,1-8H3;19,21-27H,7-18H2,1-6H3;19,21-26H,8-18H2,1-7H3. The first-order valence-electron chi connectivity index (χ1n) is 59.5. The van der Waals surface area contributed by atoms with E-state index >= 15 is 0 Å². The molecule has 16 aliphatic rings. The van der Waals surface area contributed by atoms with E-state index in [1.165, 1.54) is 136 Å². The van der Waals surface area contributed by atoms with E-state index in [1.807, 2.05) is 55.4 Å². The number of rotatable bonds is 28. The van der Waals surface area contributed by atoms with Crippen LogP contribution in [0.15, 0.2) is 0 Å². The predicted molar refractivity (Wildman–Crippen MR) is 565 cm³/mol. The van der Waals surface area contributed by atoms with E-state index in [9.17, 15) is 47.9 Å². The molecule has 0 N–H and O–H groups in total. The minimum atomic E-state index is -0.518. The van der Waals surface area contributed by atoms with Gasteiger partial charge in [0.1, 0.15) is 47.8 Å². The maximum Gasteiger partial charge on any atom is 0.308 e. The van der Waals surface area contributed by atoms with Crippen molar-refractivity contribution in [1.29, 1.82) is 0 Å². The Morgan fingerprint density at radius 2 is 0.507 bits per heavy atom. The number of esters is 10. The molecule has 0 spiro atoms. The summed E-state index contributed by atoms with van der Waals surface area (Å²) < 4.78 is 67.7. The molecule has 0 aromatic rings. The third kappa shape index (κ3) is 25.9. The van der Waals surface area contributed by atoms with E-state index in [0.717, 1.165) is 163 Å². The van der Waals surface area contributed by atoms with E-state index in [-0.39, 0.29) is 118 Å². The molecule has 0 aliphatic heterocycles. The molecular formula is C124H204O22. The van der Waals surface area contributed by atoms with Crippen LogP contribution in [0.4, 0.5) is 0 Å². The van der Waals surface area contributed by atoms with Crippen molar-refractivity contribution in [3.8, 4) is 0 Å². The average Bonchev–Trinajstić information content (AvgIpc) is 1.46. The minimum absolute atomic E-state index is 0.0372. The normalized spacial score (nSPS) is 41.7.